The molecule has 0 unspecified atom stereocenters. The molecule has 2 nitrogen and oxygen atoms in total. The van der Waals surface area contributed by atoms with Crippen molar-refractivity contribution in [1.29, 1.82) is 0 Å². The molecule has 5 heteroatoms. The highest BCUT2D eigenvalue weighted by molar-refractivity contribution is 9.10. The molecule has 88 valence electrons. The summed E-state index contributed by atoms with van der Waals surface area (Å²) in [6.07, 6.45) is 0.674. The van der Waals surface area contributed by atoms with E-state index in [1.54, 1.807) is 0 Å². The van der Waals surface area contributed by atoms with Gasteiger partial charge in [-0.15, -0.1) is 0 Å². The van der Waals surface area contributed by atoms with E-state index in [9.17, 15) is 0 Å². The van der Waals surface area contributed by atoms with Gasteiger partial charge in [0.2, 0.25) is 0 Å². The molecule has 1 aromatic carbocycles. The van der Waals surface area contributed by atoms with E-state index in [2.05, 4.69) is 47.9 Å². The van der Waals surface area contributed by atoms with Crippen molar-refractivity contribution in [2.24, 2.45) is 0 Å². The highest BCUT2D eigenvalue weighted by atomic mass is 79.9. The van der Waals surface area contributed by atoms with Gasteiger partial charge < -0.3 is 0 Å². The summed E-state index contributed by atoms with van der Waals surface area (Å²) in [7, 11) is 0. The molecule has 1 heterocycles. The van der Waals surface area contributed by atoms with Crippen molar-refractivity contribution >= 4 is 43.5 Å². The Balaban J connectivity index is 2.31. The van der Waals surface area contributed by atoms with Crippen LogP contribution < -0.4 is 0 Å². The van der Waals surface area contributed by atoms with Crippen LogP contribution in [-0.4, -0.2) is 9.97 Å². The summed E-state index contributed by atoms with van der Waals surface area (Å²) >= 11 is 12.8. The van der Waals surface area contributed by atoms with Crippen LogP contribution in [0.3, 0.4) is 0 Å². The van der Waals surface area contributed by atoms with Crippen molar-refractivity contribution in [3.05, 3.63) is 55.4 Å². The summed E-state index contributed by atoms with van der Waals surface area (Å²) < 4.78 is 1.81. The summed E-state index contributed by atoms with van der Waals surface area (Å²) in [5.41, 5.74) is 2.01. The van der Waals surface area contributed by atoms with Crippen LogP contribution in [0.5, 0.6) is 0 Å². The summed E-state index contributed by atoms with van der Waals surface area (Å²) in [4.78, 5) is 8.65. The number of halogens is 3. The Morgan fingerprint density at radius 2 is 2.00 bits per heavy atom. The fraction of sp³-hybridized carbons (Fsp3) is 0.167. The first-order valence-corrected chi connectivity index (χ1v) is 6.95. The molecule has 1 aromatic heterocycles. The Hall–Kier alpha value is -0.450. The second-order valence-electron chi connectivity index (χ2n) is 3.64. The minimum Gasteiger partial charge on any atom is -0.237 e. The topological polar surface area (TPSA) is 25.8 Å². The Labute approximate surface area is 122 Å². The average Bonchev–Trinajstić information content (AvgIpc) is 2.26. The van der Waals surface area contributed by atoms with E-state index in [0.29, 0.717) is 11.6 Å². The lowest BCUT2D eigenvalue weighted by Crippen LogP contribution is -2.00. The predicted octanol–water partition coefficient (Wildman–Crippen LogP) is 4.55. The standard InChI is InChI=1S/C12H9Br2ClN2/c1-7-11(14)12(15)17-10(16-7)6-8-3-2-4-9(13)5-8/h2-5H,6H2,1H3. The number of rotatable bonds is 2. The molecule has 0 aliphatic heterocycles. The van der Waals surface area contributed by atoms with Gasteiger partial charge in [0.05, 0.1) is 10.2 Å². The maximum Gasteiger partial charge on any atom is 0.147 e. The van der Waals surface area contributed by atoms with E-state index in [1.807, 2.05) is 25.1 Å². The summed E-state index contributed by atoms with van der Waals surface area (Å²) in [5.74, 6) is 0.730. The van der Waals surface area contributed by atoms with Gasteiger partial charge in [-0.2, -0.15) is 0 Å². The number of nitrogens with zero attached hydrogens (tertiary/aromatic N) is 2. The van der Waals surface area contributed by atoms with Gasteiger partial charge in [-0.25, -0.2) is 9.97 Å². The summed E-state index contributed by atoms with van der Waals surface area (Å²) in [6, 6.07) is 8.07. The molecular formula is C12H9Br2ClN2. The van der Waals surface area contributed by atoms with E-state index in [1.165, 1.54) is 0 Å². The SMILES string of the molecule is Cc1nc(Cc2cccc(Br)c2)nc(Cl)c1Br. The average molecular weight is 376 g/mol. The molecule has 0 atom stereocenters. The fourth-order valence-electron chi connectivity index (χ4n) is 1.49. The molecule has 0 amide bonds. The largest absolute Gasteiger partial charge is 0.237 e. The molecule has 0 aliphatic rings. The first kappa shape index (κ1) is 13.0. The predicted molar refractivity (Wildman–Crippen MR) is 76.4 cm³/mol. The second kappa shape index (κ2) is 5.46. The van der Waals surface area contributed by atoms with Crippen LogP contribution in [0.1, 0.15) is 17.1 Å². The first-order valence-electron chi connectivity index (χ1n) is 4.99. The number of aryl methyl sites for hydroxylation is 1. The normalized spacial score (nSPS) is 10.6. The van der Waals surface area contributed by atoms with Crippen molar-refractivity contribution in [2.75, 3.05) is 0 Å². The van der Waals surface area contributed by atoms with Crippen LogP contribution >= 0.6 is 43.5 Å². The Morgan fingerprint density at radius 3 is 2.65 bits per heavy atom. The van der Waals surface area contributed by atoms with E-state index < -0.39 is 0 Å². The van der Waals surface area contributed by atoms with Gasteiger partial charge in [0.1, 0.15) is 11.0 Å². The maximum atomic E-state index is 6.01. The van der Waals surface area contributed by atoms with Crippen LogP contribution in [0.15, 0.2) is 33.2 Å². The third-order valence-electron chi connectivity index (χ3n) is 2.27. The molecule has 0 saturated carbocycles. The van der Waals surface area contributed by atoms with Crippen LogP contribution in [-0.2, 0) is 6.42 Å². The molecule has 2 aromatic rings. The third kappa shape index (κ3) is 3.27. The number of benzene rings is 1. The molecule has 0 radical (unpaired) electrons. The van der Waals surface area contributed by atoms with Crippen molar-refractivity contribution < 1.29 is 0 Å². The molecule has 17 heavy (non-hydrogen) atoms. The molecular weight excluding hydrogens is 367 g/mol. The number of aromatic nitrogens is 2. The van der Waals surface area contributed by atoms with Crippen molar-refractivity contribution in [1.82, 2.24) is 9.97 Å². The van der Waals surface area contributed by atoms with Gasteiger partial charge in [-0.05, 0) is 40.5 Å². The van der Waals surface area contributed by atoms with Gasteiger partial charge >= 0.3 is 0 Å². The Morgan fingerprint density at radius 1 is 1.24 bits per heavy atom. The van der Waals surface area contributed by atoms with Crippen LogP contribution in [0.25, 0.3) is 0 Å². The van der Waals surface area contributed by atoms with Gasteiger partial charge in [-0.3, -0.25) is 0 Å². The van der Waals surface area contributed by atoms with E-state index in [4.69, 9.17) is 11.6 Å². The maximum absolute atomic E-state index is 6.01. The lowest BCUT2D eigenvalue weighted by molar-refractivity contribution is 0.934. The Kier molecular flexibility index (Phi) is 4.17. The van der Waals surface area contributed by atoms with Crippen LogP contribution in [0.2, 0.25) is 5.15 Å². The van der Waals surface area contributed by atoms with E-state index >= 15 is 0 Å². The minimum atomic E-state index is 0.461. The van der Waals surface area contributed by atoms with E-state index in [-0.39, 0.29) is 0 Å². The molecule has 0 spiro atoms. The zero-order chi connectivity index (χ0) is 12.4. The molecule has 0 N–H and O–H groups in total. The van der Waals surface area contributed by atoms with Gasteiger partial charge in [0.25, 0.3) is 0 Å². The zero-order valence-corrected chi connectivity index (χ0v) is 13.0. The highest BCUT2D eigenvalue weighted by Crippen LogP contribution is 2.23. The molecule has 0 aliphatic carbocycles. The third-order valence-corrected chi connectivity index (χ3v) is 4.22. The number of hydrogen-bond donors (Lipinski definition) is 0. The monoisotopic (exact) mass is 374 g/mol. The fourth-order valence-corrected chi connectivity index (χ4v) is 2.35. The highest BCUT2D eigenvalue weighted by Gasteiger charge is 2.08. The number of hydrogen-bond acceptors (Lipinski definition) is 2. The van der Waals surface area contributed by atoms with Gasteiger partial charge in [0.15, 0.2) is 0 Å². The van der Waals surface area contributed by atoms with Gasteiger partial charge in [-0.1, -0.05) is 39.7 Å². The van der Waals surface area contributed by atoms with Crippen molar-refractivity contribution in [3.8, 4) is 0 Å². The summed E-state index contributed by atoms with van der Waals surface area (Å²) in [6.45, 7) is 1.90. The van der Waals surface area contributed by atoms with Crippen LogP contribution in [0.4, 0.5) is 0 Å². The first-order chi connectivity index (χ1) is 8.06. The quantitative estimate of drug-likeness (QED) is 0.719. The van der Waals surface area contributed by atoms with Crippen molar-refractivity contribution in [2.45, 2.75) is 13.3 Å². The summed E-state index contributed by atoms with van der Waals surface area (Å²) in [5, 5.41) is 0.461. The van der Waals surface area contributed by atoms with E-state index in [0.717, 1.165) is 26.0 Å². The Bertz CT molecular complexity index is 535. The van der Waals surface area contributed by atoms with Crippen LogP contribution in [0, 0.1) is 6.92 Å². The molecule has 0 fully saturated rings. The van der Waals surface area contributed by atoms with Gasteiger partial charge in [0, 0.05) is 10.9 Å². The lowest BCUT2D eigenvalue weighted by atomic mass is 10.1. The zero-order valence-electron chi connectivity index (χ0n) is 9.04. The minimum absolute atomic E-state index is 0.461. The second-order valence-corrected chi connectivity index (χ2v) is 5.70. The molecule has 2 rings (SSSR count). The smallest absolute Gasteiger partial charge is 0.147 e. The molecule has 0 saturated heterocycles. The molecule has 0 bridgehead atoms. The van der Waals surface area contributed by atoms with Crippen molar-refractivity contribution in [3.63, 3.8) is 0 Å². The lowest BCUT2D eigenvalue weighted by Gasteiger charge is -2.05.